The van der Waals surface area contributed by atoms with E-state index in [9.17, 15) is 19.7 Å². The van der Waals surface area contributed by atoms with E-state index in [2.05, 4.69) is 41.1 Å². The summed E-state index contributed by atoms with van der Waals surface area (Å²) in [6, 6.07) is 23.3. The topological polar surface area (TPSA) is 103 Å². The maximum Gasteiger partial charge on any atom is 0.455 e. The quantitative estimate of drug-likeness (QED) is 0.168. The average Bonchev–Trinajstić information content (AvgIpc) is 3.36. The zero-order chi connectivity index (χ0) is 33.2. The van der Waals surface area contributed by atoms with Crippen LogP contribution in [0.5, 0.6) is 5.75 Å². The fourth-order valence-electron chi connectivity index (χ4n) is 8.59. The van der Waals surface area contributed by atoms with Gasteiger partial charge in [-0.05, 0) is 103 Å². The Bertz CT molecular complexity index is 1690. The van der Waals surface area contributed by atoms with E-state index < -0.39 is 13.0 Å². The molecule has 0 bridgehead atoms. The predicted molar refractivity (Wildman–Crippen MR) is 186 cm³/mol. The van der Waals surface area contributed by atoms with Crippen molar-refractivity contribution in [2.45, 2.75) is 70.5 Å². The Morgan fingerprint density at radius 2 is 1.79 bits per heavy atom. The van der Waals surface area contributed by atoms with E-state index in [0.717, 1.165) is 61.3 Å². The number of imide groups is 1. The van der Waals surface area contributed by atoms with Gasteiger partial charge in [-0.15, -0.1) is 0 Å². The summed E-state index contributed by atoms with van der Waals surface area (Å²) < 4.78 is 6.25. The van der Waals surface area contributed by atoms with Gasteiger partial charge in [0.2, 0.25) is 11.8 Å². The summed E-state index contributed by atoms with van der Waals surface area (Å²) >= 11 is 0. The van der Waals surface area contributed by atoms with Gasteiger partial charge in [0.05, 0.1) is 23.6 Å². The molecule has 4 atom stereocenters. The van der Waals surface area contributed by atoms with Crippen molar-refractivity contribution < 1.29 is 24.4 Å². The Kier molecular flexibility index (Phi) is 9.62. The van der Waals surface area contributed by atoms with Crippen LogP contribution in [0.2, 0.25) is 6.32 Å². The number of hydrogen-bond acceptors (Lipinski definition) is 7. The molecule has 8 nitrogen and oxygen atoms in total. The fourth-order valence-corrected chi connectivity index (χ4v) is 8.59. The summed E-state index contributed by atoms with van der Waals surface area (Å²) in [6.45, 7) is 4.69. The Morgan fingerprint density at radius 1 is 1.00 bits per heavy atom. The van der Waals surface area contributed by atoms with Crippen molar-refractivity contribution in [1.82, 2.24) is 14.8 Å². The smallest absolute Gasteiger partial charge is 0.455 e. The highest BCUT2D eigenvalue weighted by atomic mass is 16.5. The molecule has 248 valence electrons. The molecule has 0 radical (unpaired) electrons. The summed E-state index contributed by atoms with van der Waals surface area (Å²) in [5.74, 6) is -0.938. The van der Waals surface area contributed by atoms with Crippen LogP contribution in [0.25, 0.3) is 11.6 Å². The van der Waals surface area contributed by atoms with E-state index in [-0.39, 0.29) is 41.5 Å². The largest absolute Gasteiger partial charge is 0.508 e. The molecule has 2 aromatic carbocycles. The van der Waals surface area contributed by atoms with Gasteiger partial charge < -0.3 is 14.8 Å². The van der Waals surface area contributed by atoms with E-state index in [1.807, 2.05) is 42.5 Å². The molecular formula is C39H44BN3O5. The molecule has 4 aliphatic rings. The summed E-state index contributed by atoms with van der Waals surface area (Å²) in [4.78, 5) is 36.9. The molecule has 3 fully saturated rings. The minimum Gasteiger partial charge on any atom is -0.508 e. The third kappa shape index (κ3) is 6.64. The van der Waals surface area contributed by atoms with Gasteiger partial charge in [-0.1, -0.05) is 61.0 Å². The molecule has 0 saturated carbocycles. The molecule has 4 heterocycles. The maximum atomic E-state index is 14.3. The van der Waals surface area contributed by atoms with Gasteiger partial charge in [0.1, 0.15) is 5.75 Å². The molecule has 3 saturated heterocycles. The zero-order valence-electron chi connectivity index (χ0n) is 27.6. The van der Waals surface area contributed by atoms with Crippen molar-refractivity contribution in [3.63, 3.8) is 0 Å². The second kappa shape index (κ2) is 14.2. The number of pyridine rings is 1. The lowest BCUT2D eigenvalue weighted by molar-refractivity contribution is -0.144. The number of allylic oxidation sites excluding steroid dienone is 2. The van der Waals surface area contributed by atoms with Gasteiger partial charge in [-0.2, -0.15) is 0 Å². The molecule has 0 unspecified atom stereocenters. The van der Waals surface area contributed by atoms with Crippen LogP contribution in [-0.2, 0) is 20.8 Å². The van der Waals surface area contributed by atoms with Crippen LogP contribution < -0.4 is 0 Å². The summed E-state index contributed by atoms with van der Waals surface area (Å²) in [5.41, 5.74) is 6.27. The van der Waals surface area contributed by atoms with Crippen LogP contribution in [0, 0.1) is 17.8 Å². The monoisotopic (exact) mass is 645 g/mol. The number of carbonyl (C=O) groups excluding carboxylic acids is 2. The number of hydrogen-bond donors (Lipinski definition) is 2. The second-order valence-corrected chi connectivity index (χ2v) is 13.7. The normalized spacial score (nSPS) is 25.4. The second-order valence-electron chi connectivity index (χ2n) is 13.7. The molecule has 1 aliphatic carbocycles. The highest BCUT2D eigenvalue weighted by molar-refractivity contribution is 6.43. The summed E-state index contributed by atoms with van der Waals surface area (Å²) in [6.07, 6.45) is 7.88. The molecule has 3 aliphatic heterocycles. The molecule has 7 rings (SSSR count). The van der Waals surface area contributed by atoms with E-state index in [1.54, 1.807) is 23.2 Å². The van der Waals surface area contributed by atoms with Gasteiger partial charge in [0, 0.05) is 31.9 Å². The number of carbonyl (C=O) groups is 2. The van der Waals surface area contributed by atoms with Gasteiger partial charge in [0.15, 0.2) is 0 Å². The maximum absolute atomic E-state index is 14.3. The number of phenolic OH excluding ortho intramolecular Hbond substituents is 1. The first-order valence-corrected chi connectivity index (χ1v) is 17.5. The Hall–Kier alpha value is -4.05. The lowest BCUT2D eigenvalue weighted by atomic mass is 9.58. The van der Waals surface area contributed by atoms with Crippen LogP contribution in [0.3, 0.4) is 0 Å². The molecule has 2 N–H and O–H groups in total. The van der Waals surface area contributed by atoms with Gasteiger partial charge in [-0.25, -0.2) is 0 Å². The zero-order valence-corrected chi connectivity index (χ0v) is 27.6. The van der Waals surface area contributed by atoms with Crippen LogP contribution >= 0.6 is 0 Å². The lowest BCUT2D eigenvalue weighted by Crippen LogP contribution is -2.48. The Morgan fingerprint density at radius 3 is 2.52 bits per heavy atom. The molecule has 1 aromatic heterocycles. The van der Waals surface area contributed by atoms with Crippen molar-refractivity contribution >= 4 is 30.6 Å². The average molecular weight is 646 g/mol. The number of piperidine rings is 1. The van der Waals surface area contributed by atoms with Crippen molar-refractivity contribution in [3.05, 3.63) is 107 Å². The van der Waals surface area contributed by atoms with Gasteiger partial charge >= 0.3 is 7.12 Å². The number of phenols is 1. The minimum absolute atomic E-state index is 0.0273. The molecule has 3 aromatic rings. The molecule has 9 heteroatoms. The fraction of sp³-hybridized carbons (Fsp3) is 0.410. The standard InChI is InChI=1S/C39H44BN3O5/c1-2-28-23-32-37(39(46)43(38(32)45)30-16-19-42(20-17-30)25-26-9-4-3-5-10-26)33-24-40(47)48-35(36(28)33)15-14-29(34-13-6-7-18-41-34)21-27-11-8-12-31(44)22-27/h3-13,18,21-22,30,32-33,35,37,44,47H,2,14-17,19-20,23-25H2,1H3/b29-21-/t32-,33+,35-,37-/m1/s1. The molecule has 0 spiro atoms. The minimum atomic E-state index is -1.01. The van der Waals surface area contributed by atoms with Crippen LogP contribution in [0.1, 0.15) is 62.3 Å². The van der Waals surface area contributed by atoms with Crippen LogP contribution in [0.15, 0.2) is 90.1 Å². The Labute approximate surface area is 283 Å². The first-order chi connectivity index (χ1) is 23.4. The number of fused-ring (bicyclic) bond motifs is 3. The van der Waals surface area contributed by atoms with Crippen molar-refractivity contribution in [2.75, 3.05) is 13.1 Å². The number of aromatic nitrogens is 1. The highest BCUT2D eigenvalue weighted by Gasteiger charge is 2.58. The van der Waals surface area contributed by atoms with E-state index in [1.165, 1.54) is 11.1 Å². The van der Waals surface area contributed by atoms with Crippen LogP contribution in [-0.4, -0.2) is 69.1 Å². The van der Waals surface area contributed by atoms with Crippen molar-refractivity contribution in [3.8, 4) is 5.75 Å². The van der Waals surface area contributed by atoms with Gasteiger partial charge in [-0.3, -0.25) is 24.4 Å². The van der Waals surface area contributed by atoms with E-state index in [4.69, 9.17) is 4.65 Å². The summed E-state index contributed by atoms with van der Waals surface area (Å²) in [5, 5.41) is 21.1. The highest BCUT2D eigenvalue weighted by Crippen LogP contribution is 2.52. The van der Waals surface area contributed by atoms with Crippen molar-refractivity contribution in [1.29, 1.82) is 0 Å². The van der Waals surface area contributed by atoms with E-state index >= 15 is 0 Å². The van der Waals surface area contributed by atoms with Crippen LogP contribution in [0.4, 0.5) is 0 Å². The Balaban J connectivity index is 1.10. The number of amides is 2. The number of nitrogens with zero attached hydrogens (tertiary/aromatic N) is 3. The first-order valence-electron chi connectivity index (χ1n) is 17.5. The predicted octanol–water partition coefficient (Wildman–Crippen LogP) is 5.98. The SMILES string of the molecule is CCC1=C2[C@@H](CC/C(=C/c3cccc(O)c3)c3ccccn3)OB(O)C[C@@H]2[C@@H]2C(=O)N(C3CCN(Cc4ccccc4)CC3)C(=O)[C@@H]2C1. The molecule has 2 amide bonds. The lowest BCUT2D eigenvalue weighted by Gasteiger charge is -2.43. The van der Waals surface area contributed by atoms with Gasteiger partial charge in [0.25, 0.3) is 0 Å². The number of likely N-dealkylation sites (tertiary alicyclic amines) is 2. The number of benzene rings is 2. The third-order valence-electron chi connectivity index (χ3n) is 10.8. The third-order valence-corrected chi connectivity index (χ3v) is 10.8. The summed E-state index contributed by atoms with van der Waals surface area (Å²) in [7, 11) is -1.01. The number of aromatic hydroxyl groups is 1. The first kappa shape index (κ1) is 32.5. The number of rotatable bonds is 9. The van der Waals surface area contributed by atoms with Crippen molar-refractivity contribution in [2.24, 2.45) is 17.8 Å². The molecule has 48 heavy (non-hydrogen) atoms. The molecular weight excluding hydrogens is 601 g/mol. The van der Waals surface area contributed by atoms with E-state index in [0.29, 0.717) is 25.6 Å².